The molecular formula is C23H46N6O5. The van der Waals surface area contributed by atoms with Gasteiger partial charge in [0, 0.05) is 39.6 Å². The molecule has 198 valence electrons. The number of hydrogen-bond donors (Lipinski definition) is 5. The van der Waals surface area contributed by atoms with Crippen molar-refractivity contribution in [3.63, 3.8) is 0 Å². The lowest BCUT2D eigenvalue weighted by molar-refractivity contribution is -0.140. The van der Waals surface area contributed by atoms with Crippen LogP contribution in [0, 0.1) is 0 Å². The minimum Gasteiger partial charge on any atom is -0.383 e. The van der Waals surface area contributed by atoms with Crippen LogP contribution >= 0.6 is 0 Å². The Labute approximate surface area is 204 Å². The van der Waals surface area contributed by atoms with Crippen LogP contribution in [0.25, 0.3) is 0 Å². The smallest absolute Gasteiger partial charge is 0.239 e. The molecule has 0 heterocycles. The summed E-state index contributed by atoms with van der Waals surface area (Å²) in [5.74, 6) is -1.36. The number of carbonyl (C=O) groups is 4. The molecule has 0 aromatic rings. The van der Waals surface area contributed by atoms with E-state index in [0.29, 0.717) is 39.3 Å². The number of carbonyl (C=O) groups excluding carboxylic acids is 4. The van der Waals surface area contributed by atoms with E-state index in [0.717, 1.165) is 51.4 Å². The van der Waals surface area contributed by atoms with Crippen LogP contribution in [0.15, 0.2) is 0 Å². The zero-order valence-corrected chi connectivity index (χ0v) is 20.9. The number of nitrogens with one attached hydrogen (secondary N) is 3. The number of methoxy groups -OCH3 is 1. The molecule has 0 spiro atoms. The third kappa shape index (κ3) is 19.2. The lowest BCUT2D eigenvalue weighted by Gasteiger charge is -2.22. The third-order valence-corrected chi connectivity index (χ3v) is 5.12. The summed E-state index contributed by atoms with van der Waals surface area (Å²) < 4.78 is 4.87. The van der Waals surface area contributed by atoms with Crippen LogP contribution < -0.4 is 27.4 Å². The van der Waals surface area contributed by atoms with Crippen LogP contribution in [-0.4, -0.2) is 88.1 Å². The summed E-state index contributed by atoms with van der Waals surface area (Å²) in [5, 5.41) is 8.23. The summed E-state index contributed by atoms with van der Waals surface area (Å²) in [6.45, 7) is 2.60. The van der Waals surface area contributed by atoms with Gasteiger partial charge >= 0.3 is 0 Å². The Morgan fingerprint density at radius 2 is 1.12 bits per heavy atom. The van der Waals surface area contributed by atoms with E-state index in [1.54, 1.807) is 0 Å². The Kier molecular flexibility index (Phi) is 21.1. The number of rotatable bonds is 22. The third-order valence-electron chi connectivity index (χ3n) is 5.12. The van der Waals surface area contributed by atoms with Crippen molar-refractivity contribution < 1.29 is 23.9 Å². The first-order chi connectivity index (χ1) is 16.4. The highest BCUT2D eigenvalue weighted by Crippen LogP contribution is 2.01. The summed E-state index contributed by atoms with van der Waals surface area (Å²) in [6.07, 6.45) is 7.40. The second-order valence-corrected chi connectivity index (χ2v) is 8.20. The van der Waals surface area contributed by atoms with Gasteiger partial charge in [0.15, 0.2) is 0 Å². The number of ether oxygens (including phenoxy) is 1. The predicted octanol–water partition coefficient (Wildman–Crippen LogP) is -0.372. The second kappa shape index (κ2) is 22.5. The van der Waals surface area contributed by atoms with Gasteiger partial charge in [-0.2, -0.15) is 0 Å². The van der Waals surface area contributed by atoms with Crippen molar-refractivity contribution in [3.05, 3.63) is 0 Å². The summed E-state index contributed by atoms with van der Waals surface area (Å²) in [7, 11) is 1.53. The Hall–Kier alpha value is -2.24. The highest BCUT2D eigenvalue weighted by atomic mass is 16.5. The van der Waals surface area contributed by atoms with Crippen LogP contribution in [0.4, 0.5) is 0 Å². The SMILES string of the molecule is COCCNC(=O)CCC(=O)N(CC(=O)NCCCCCCN)CC(=O)NCCCCCCN. The molecule has 0 saturated heterocycles. The normalized spacial score (nSPS) is 10.6. The minimum atomic E-state index is -0.418. The largest absolute Gasteiger partial charge is 0.383 e. The van der Waals surface area contributed by atoms with E-state index in [9.17, 15) is 19.2 Å². The first kappa shape index (κ1) is 31.8. The maximum Gasteiger partial charge on any atom is 0.239 e. The Morgan fingerprint density at radius 1 is 0.647 bits per heavy atom. The van der Waals surface area contributed by atoms with Gasteiger partial charge in [0.1, 0.15) is 13.1 Å². The van der Waals surface area contributed by atoms with E-state index in [4.69, 9.17) is 16.2 Å². The highest BCUT2D eigenvalue weighted by Gasteiger charge is 2.20. The molecule has 0 aromatic heterocycles. The predicted molar refractivity (Wildman–Crippen MR) is 132 cm³/mol. The van der Waals surface area contributed by atoms with Crippen molar-refractivity contribution in [1.29, 1.82) is 0 Å². The zero-order valence-electron chi connectivity index (χ0n) is 20.9. The van der Waals surface area contributed by atoms with Gasteiger partial charge in [-0.05, 0) is 38.8 Å². The van der Waals surface area contributed by atoms with Crippen LogP contribution in [-0.2, 0) is 23.9 Å². The molecule has 0 atom stereocenters. The molecule has 4 amide bonds. The molecule has 0 saturated carbocycles. The summed E-state index contributed by atoms with van der Waals surface area (Å²) in [4.78, 5) is 50.4. The van der Waals surface area contributed by atoms with Crippen LogP contribution in [0.1, 0.15) is 64.2 Å². The molecule has 0 unspecified atom stereocenters. The molecule has 0 aliphatic heterocycles. The van der Waals surface area contributed by atoms with Crippen molar-refractivity contribution in [2.45, 2.75) is 64.2 Å². The number of nitrogens with zero attached hydrogens (tertiary/aromatic N) is 1. The maximum atomic E-state index is 12.7. The Morgan fingerprint density at radius 3 is 1.59 bits per heavy atom. The van der Waals surface area contributed by atoms with Crippen molar-refractivity contribution in [3.8, 4) is 0 Å². The van der Waals surface area contributed by atoms with Crippen molar-refractivity contribution in [2.75, 3.05) is 59.5 Å². The molecule has 0 bridgehead atoms. The van der Waals surface area contributed by atoms with Crippen molar-refractivity contribution in [2.24, 2.45) is 11.5 Å². The van der Waals surface area contributed by atoms with Crippen LogP contribution in [0.2, 0.25) is 0 Å². The van der Waals surface area contributed by atoms with E-state index in [1.165, 1.54) is 12.0 Å². The first-order valence-electron chi connectivity index (χ1n) is 12.4. The van der Waals surface area contributed by atoms with Gasteiger partial charge in [-0.3, -0.25) is 19.2 Å². The van der Waals surface area contributed by atoms with E-state index in [2.05, 4.69) is 16.0 Å². The number of nitrogens with two attached hydrogens (primary N) is 2. The molecule has 11 heteroatoms. The summed E-state index contributed by atoms with van der Waals surface area (Å²) >= 11 is 0. The number of unbranched alkanes of at least 4 members (excludes halogenated alkanes) is 6. The van der Waals surface area contributed by atoms with E-state index < -0.39 is 5.91 Å². The van der Waals surface area contributed by atoms with Gasteiger partial charge in [-0.1, -0.05) is 25.7 Å². The molecule has 0 rings (SSSR count). The average molecular weight is 487 g/mol. The molecule has 0 aliphatic rings. The molecule has 7 N–H and O–H groups in total. The topological polar surface area (TPSA) is 169 Å². The second-order valence-electron chi connectivity index (χ2n) is 8.20. The molecule has 34 heavy (non-hydrogen) atoms. The quantitative estimate of drug-likeness (QED) is 0.130. The van der Waals surface area contributed by atoms with Gasteiger partial charge in [0.05, 0.1) is 6.61 Å². The number of hydrogen-bond acceptors (Lipinski definition) is 7. The highest BCUT2D eigenvalue weighted by molar-refractivity contribution is 5.90. The monoisotopic (exact) mass is 486 g/mol. The fraction of sp³-hybridized carbons (Fsp3) is 0.826. The van der Waals surface area contributed by atoms with E-state index in [-0.39, 0.29) is 43.7 Å². The first-order valence-corrected chi connectivity index (χ1v) is 12.4. The van der Waals surface area contributed by atoms with E-state index in [1.807, 2.05) is 0 Å². The fourth-order valence-electron chi connectivity index (χ4n) is 3.15. The lowest BCUT2D eigenvalue weighted by Crippen LogP contribution is -2.46. The summed E-state index contributed by atoms with van der Waals surface area (Å²) in [6, 6.07) is 0. The van der Waals surface area contributed by atoms with Crippen LogP contribution in [0.5, 0.6) is 0 Å². The lowest BCUT2D eigenvalue weighted by atomic mass is 10.2. The Balaban J connectivity index is 4.59. The van der Waals surface area contributed by atoms with Crippen molar-refractivity contribution in [1.82, 2.24) is 20.9 Å². The zero-order chi connectivity index (χ0) is 25.4. The van der Waals surface area contributed by atoms with Gasteiger partial charge in [0.25, 0.3) is 0 Å². The molecule has 0 radical (unpaired) electrons. The molecule has 0 fully saturated rings. The molecular weight excluding hydrogens is 440 g/mol. The van der Waals surface area contributed by atoms with E-state index >= 15 is 0 Å². The number of amides is 4. The van der Waals surface area contributed by atoms with Gasteiger partial charge in [-0.25, -0.2) is 0 Å². The molecule has 0 aliphatic carbocycles. The molecule has 11 nitrogen and oxygen atoms in total. The Bertz CT molecular complexity index is 546. The maximum absolute atomic E-state index is 12.7. The van der Waals surface area contributed by atoms with Gasteiger partial charge in [-0.15, -0.1) is 0 Å². The van der Waals surface area contributed by atoms with Crippen LogP contribution in [0.3, 0.4) is 0 Å². The van der Waals surface area contributed by atoms with Crippen molar-refractivity contribution >= 4 is 23.6 Å². The summed E-state index contributed by atoms with van der Waals surface area (Å²) in [5.41, 5.74) is 10.9. The molecule has 0 aromatic carbocycles. The minimum absolute atomic E-state index is 0.0232. The van der Waals surface area contributed by atoms with Gasteiger partial charge in [0.2, 0.25) is 23.6 Å². The van der Waals surface area contributed by atoms with Gasteiger partial charge < -0.3 is 37.1 Å². The fourth-order valence-corrected chi connectivity index (χ4v) is 3.15. The standard InChI is InChI=1S/C23H46N6O5/c1-34-17-16-28-20(30)10-11-23(33)29(18-21(31)26-14-8-4-2-6-12-24)19-22(32)27-15-9-5-3-7-13-25/h2-19,24-25H2,1H3,(H,26,31)(H,27,32)(H,28,30). The average Bonchev–Trinajstić information content (AvgIpc) is 2.81.